The van der Waals surface area contributed by atoms with E-state index in [1.807, 2.05) is 0 Å². The molecule has 0 aromatic rings. The molecule has 0 rings (SSSR count). The minimum Gasteiger partial charge on any atom is -0.393 e. The van der Waals surface area contributed by atoms with E-state index < -0.39 is 12.2 Å². The first-order valence-electron chi connectivity index (χ1n) is 5.37. The number of hydrogen-bond acceptors (Lipinski definition) is 3. The summed E-state index contributed by atoms with van der Waals surface area (Å²) in [7, 11) is 0. The smallest absolute Gasteiger partial charge is 0.0833 e. The Kier molecular flexibility index (Phi) is 8.28. The van der Waals surface area contributed by atoms with Gasteiger partial charge in [0.2, 0.25) is 0 Å². The van der Waals surface area contributed by atoms with Crippen molar-refractivity contribution in [2.24, 2.45) is 0 Å². The highest BCUT2D eigenvalue weighted by molar-refractivity contribution is 4.78. The Balaban J connectivity index is 3.57. The molecule has 0 aliphatic carbocycles. The van der Waals surface area contributed by atoms with Gasteiger partial charge in [-0.25, -0.2) is 0 Å². The van der Waals surface area contributed by atoms with Crippen LogP contribution in [0, 0.1) is 0 Å². The van der Waals surface area contributed by atoms with E-state index in [4.69, 9.17) is 0 Å². The first-order chi connectivity index (χ1) is 7.11. The van der Waals surface area contributed by atoms with Crippen LogP contribution in [0.5, 0.6) is 0 Å². The van der Waals surface area contributed by atoms with Gasteiger partial charge in [-0.15, -0.1) is 13.2 Å². The van der Waals surface area contributed by atoms with Gasteiger partial charge in [-0.05, 0) is 32.1 Å². The Morgan fingerprint density at radius 2 is 1.47 bits per heavy atom. The van der Waals surface area contributed by atoms with E-state index in [1.54, 1.807) is 12.2 Å². The summed E-state index contributed by atoms with van der Waals surface area (Å²) in [6.07, 6.45) is 4.22. The summed E-state index contributed by atoms with van der Waals surface area (Å²) in [6.45, 7) is 7.03. The van der Waals surface area contributed by atoms with Crippen LogP contribution >= 0.6 is 0 Å². The molecule has 3 atom stereocenters. The average molecular weight is 214 g/mol. The van der Waals surface area contributed by atoms with Gasteiger partial charge in [0.15, 0.2) is 0 Å². The van der Waals surface area contributed by atoms with Crippen LogP contribution in [-0.2, 0) is 0 Å². The van der Waals surface area contributed by atoms with Gasteiger partial charge in [0, 0.05) is 0 Å². The lowest BCUT2D eigenvalue weighted by Crippen LogP contribution is -2.25. The van der Waals surface area contributed by atoms with Gasteiger partial charge in [-0.3, -0.25) is 0 Å². The van der Waals surface area contributed by atoms with E-state index in [1.165, 1.54) is 0 Å². The molecule has 0 amide bonds. The topological polar surface area (TPSA) is 60.7 Å². The highest BCUT2D eigenvalue weighted by atomic mass is 16.3. The maximum Gasteiger partial charge on any atom is 0.0833 e. The van der Waals surface area contributed by atoms with E-state index in [0.29, 0.717) is 32.1 Å². The molecule has 0 saturated carbocycles. The van der Waals surface area contributed by atoms with Crippen LogP contribution in [0.2, 0.25) is 0 Å². The fourth-order valence-electron chi connectivity index (χ4n) is 1.39. The number of aliphatic hydroxyl groups is 3. The highest BCUT2D eigenvalue weighted by Gasteiger charge is 2.14. The Morgan fingerprint density at radius 1 is 0.867 bits per heavy atom. The first kappa shape index (κ1) is 14.4. The molecule has 3 nitrogen and oxygen atoms in total. The lowest BCUT2D eigenvalue weighted by Gasteiger charge is -2.16. The van der Waals surface area contributed by atoms with Crippen LogP contribution in [0.1, 0.15) is 32.1 Å². The Morgan fingerprint density at radius 3 is 2.00 bits per heavy atom. The fourth-order valence-corrected chi connectivity index (χ4v) is 1.39. The van der Waals surface area contributed by atoms with Gasteiger partial charge in [-0.2, -0.15) is 0 Å². The lowest BCUT2D eigenvalue weighted by atomic mass is 10.0. The molecule has 0 saturated heterocycles. The van der Waals surface area contributed by atoms with Crippen LogP contribution in [0.25, 0.3) is 0 Å². The van der Waals surface area contributed by atoms with Crippen molar-refractivity contribution in [3.05, 3.63) is 25.3 Å². The molecule has 88 valence electrons. The monoisotopic (exact) mass is 214 g/mol. The Hall–Kier alpha value is -0.640. The van der Waals surface area contributed by atoms with Crippen molar-refractivity contribution in [2.75, 3.05) is 0 Å². The molecule has 0 aromatic heterocycles. The molecule has 0 radical (unpaired) electrons. The summed E-state index contributed by atoms with van der Waals surface area (Å²) in [6, 6.07) is 0. The molecular weight excluding hydrogens is 192 g/mol. The van der Waals surface area contributed by atoms with Gasteiger partial charge < -0.3 is 15.3 Å². The van der Waals surface area contributed by atoms with Gasteiger partial charge in [0.25, 0.3) is 0 Å². The van der Waals surface area contributed by atoms with Crippen LogP contribution in [0.4, 0.5) is 0 Å². The zero-order valence-electron chi connectivity index (χ0n) is 9.18. The normalized spacial score (nSPS) is 16.7. The first-order valence-corrected chi connectivity index (χ1v) is 5.37. The summed E-state index contributed by atoms with van der Waals surface area (Å²) >= 11 is 0. The van der Waals surface area contributed by atoms with E-state index in [0.717, 1.165) is 0 Å². The third kappa shape index (κ3) is 7.31. The Labute approximate surface area is 91.8 Å². The van der Waals surface area contributed by atoms with Crippen molar-refractivity contribution in [1.82, 2.24) is 0 Å². The predicted octanol–water partition coefficient (Wildman–Crippen LogP) is 1.39. The van der Waals surface area contributed by atoms with Gasteiger partial charge >= 0.3 is 0 Å². The zero-order valence-corrected chi connectivity index (χ0v) is 9.18. The Bertz CT molecular complexity index is 180. The van der Waals surface area contributed by atoms with Crippen LogP contribution < -0.4 is 0 Å². The third-order valence-electron chi connectivity index (χ3n) is 2.33. The predicted molar refractivity (Wildman–Crippen MR) is 61.5 cm³/mol. The van der Waals surface area contributed by atoms with Gasteiger partial charge in [0.05, 0.1) is 18.3 Å². The molecule has 3 N–H and O–H groups in total. The number of rotatable bonds is 9. The third-order valence-corrected chi connectivity index (χ3v) is 2.33. The molecule has 0 aliphatic heterocycles. The van der Waals surface area contributed by atoms with E-state index in [-0.39, 0.29) is 6.10 Å². The van der Waals surface area contributed by atoms with Crippen molar-refractivity contribution in [3.8, 4) is 0 Å². The molecule has 0 heterocycles. The summed E-state index contributed by atoms with van der Waals surface area (Å²) in [4.78, 5) is 0. The van der Waals surface area contributed by atoms with Crippen LogP contribution in [-0.4, -0.2) is 33.6 Å². The van der Waals surface area contributed by atoms with Crippen molar-refractivity contribution in [3.63, 3.8) is 0 Å². The van der Waals surface area contributed by atoms with Gasteiger partial charge in [0.1, 0.15) is 0 Å². The van der Waals surface area contributed by atoms with Crippen molar-refractivity contribution < 1.29 is 15.3 Å². The molecule has 3 unspecified atom stereocenters. The van der Waals surface area contributed by atoms with Gasteiger partial charge in [-0.1, -0.05) is 12.2 Å². The van der Waals surface area contributed by atoms with E-state index >= 15 is 0 Å². The molecular formula is C12H22O3. The van der Waals surface area contributed by atoms with E-state index in [2.05, 4.69) is 13.2 Å². The second-order valence-corrected chi connectivity index (χ2v) is 3.77. The molecule has 15 heavy (non-hydrogen) atoms. The van der Waals surface area contributed by atoms with Crippen LogP contribution in [0.3, 0.4) is 0 Å². The van der Waals surface area contributed by atoms with Crippen molar-refractivity contribution in [2.45, 2.75) is 50.4 Å². The fraction of sp³-hybridized carbons (Fsp3) is 0.667. The molecule has 0 aromatic carbocycles. The quantitative estimate of drug-likeness (QED) is 0.508. The summed E-state index contributed by atoms with van der Waals surface area (Å²) in [5, 5.41) is 28.3. The SMILES string of the molecule is C=CCC(O)CCCC(O)C(O)CC=C. The maximum atomic E-state index is 9.49. The van der Waals surface area contributed by atoms with E-state index in [9.17, 15) is 15.3 Å². The minimum absolute atomic E-state index is 0.383. The molecule has 0 bridgehead atoms. The standard InChI is InChI=1S/C12H22O3/c1-3-6-10(13)8-5-9-12(15)11(14)7-4-2/h3-4,10-15H,1-2,5-9H2. The summed E-state index contributed by atoms with van der Waals surface area (Å²) in [5.74, 6) is 0. The summed E-state index contributed by atoms with van der Waals surface area (Å²) in [5.41, 5.74) is 0. The second kappa shape index (κ2) is 8.65. The molecule has 0 aliphatic rings. The van der Waals surface area contributed by atoms with Crippen LogP contribution in [0.15, 0.2) is 25.3 Å². The number of aliphatic hydroxyl groups excluding tert-OH is 3. The molecule has 0 fully saturated rings. The minimum atomic E-state index is -0.737. The maximum absolute atomic E-state index is 9.49. The van der Waals surface area contributed by atoms with Crippen molar-refractivity contribution >= 4 is 0 Å². The lowest BCUT2D eigenvalue weighted by molar-refractivity contribution is 0.0133. The highest BCUT2D eigenvalue weighted by Crippen LogP contribution is 2.11. The second-order valence-electron chi connectivity index (χ2n) is 3.77. The van der Waals surface area contributed by atoms with Crippen molar-refractivity contribution in [1.29, 1.82) is 0 Å². The average Bonchev–Trinajstić information content (AvgIpc) is 2.18. The molecule has 3 heteroatoms. The largest absolute Gasteiger partial charge is 0.393 e. The summed E-state index contributed by atoms with van der Waals surface area (Å²) < 4.78 is 0. The zero-order chi connectivity index (χ0) is 11.7. The number of hydrogen-bond donors (Lipinski definition) is 3. The molecule has 0 spiro atoms.